The monoisotopic (exact) mass is 376 g/mol. The van der Waals surface area contributed by atoms with Crippen molar-refractivity contribution in [3.05, 3.63) is 57.0 Å². The van der Waals surface area contributed by atoms with E-state index in [0.717, 1.165) is 17.8 Å². The summed E-state index contributed by atoms with van der Waals surface area (Å²) in [5, 5.41) is 22.3. The van der Waals surface area contributed by atoms with Gasteiger partial charge in [0.05, 0.1) is 22.8 Å². The Labute approximate surface area is 152 Å². The van der Waals surface area contributed by atoms with Gasteiger partial charge in [0, 0.05) is 17.0 Å². The number of anilines is 1. The van der Waals surface area contributed by atoms with Crippen molar-refractivity contribution < 1.29 is 24.4 Å². The highest BCUT2D eigenvalue weighted by Gasteiger charge is 2.12. The lowest BCUT2D eigenvalue weighted by Gasteiger charge is -2.12. The summed E-state index contributed by atoms with van der Waals surface area (Å²) in [7, 11) is 0. The van der Waals surface area contributed by atoms with Crippen LogP contribution in [0.1, 0.15) is 28.6 Å². The highest BCUT2D eigenvalue weighted by Crippen LogP contribution is 2.27. The van der Waals surface area contributed by atoms with Gasteiger partial charge in [-0.1, -0.05) is 18.3 Å². The molecule has 136 valence electrons. The van der Waals surface area contributed by atoms with E-state index in [1.165, 1.54) is 42.5 Å². The van der Waals surface area contributed by atoms with Crippen molar-refractivity contribution in [2.75, 3.05) is 11.9 Å². The molecule has 0 aliphatic heterocycles. The average Bonchev–Trinajstić information content (AvgIpc) is 3.08. The highest BCUT2D eigenvalue weighted by atomic mass is 32.1. The Morgan fingerprint density at radius 2 is 2.12 bits per heavy atom. The number of carboxylic acids is 1. The molecule has 1 amide bonds. The molecule has 26 heavy (non-hydrogen) atoms. The lowest BCUT2D eigenvalue weighted by molar-refractivity contribution is -0.380. The molecule has 0 radical (unpaired) electrons. The predicted molar refractivity (Wildman–Crippen MR) is 97.8 cm³/mol. The molecule has 0 aliphatic carbocycles. The second kappa shape index (κ2) is 8.77. The number of nitrogens with one attached hydrogen (secondary N) is 1. The van der Waals surface area contributed by atoms with Gasteiger partial charge in [0.15, 0.2) is 0 Å². The van der Waals surface area contributed by atoms with Crippen molar-refractivity contribution in [3.8, 4) is 5.75 Å². The molecule has 0 saturated heterocycles. The maximum Gasteiger partial charge on any atom is 0.335 e. The van der Waals surface area contributed by atoms with Gasteiger partial charge in [-0.25, -0.2) is 4.79 Å². The minimum absolute atomic E-state index is 0.0157. The smallest absolute Gasteiger partial charge is 0.335 e. The second-order valence-corrected chi connectivity index (χ2v) is 6.21. The van der Waals surface area contributed by atoms with Gasteiger partial charge in [-0.15, -0.1) is 0 Å². The van der Waals surface area contributed by atoms with E-state index in [4.69, 9.17) is 9.84 Å². The van der Waals surface area contributed by atoms with Crippen LogP contribution in [0.4, 0.5) is 10.7 Å². The van der Waals surface area contributed by atoms with Crippen molar-refractivity contribution >= 4 is 40.0 Å². The molecule has 0 saturated carbocycles. The van der Waals surface area contributed by atoms with Crippen LogP contribution in [0, 0.1) is 10.1 Å². The van der Waals surface area contributed by atoms with Crippen molar-refractivity contribution in [2.24, 2.45) is 0 Å². The average molecular weight is 376 g/mol. The quantitative estimate of drug-likeness (QED) is 0.411. The van der Waals surface area contributed by atoms with Crippen LogP contribution < -0.4 is 10.1 Å². The number of carbonyl (C=O) groups is 2. The van der Waals surface area contributed by atoms with Gasteiger partial charge in [-0.2, -0.15) is 0 Å². The zero-order valence-electron chi connectivity index (χ0n) is 13.8. The van der Waals surface area contributed by atoms with Gasteiger partial charge in [0.25, 0.3) is 0 Å². The molecule has 0 fully saturated rings. The third-order valence-corrected chi connectivity index (χ3v) is 4.14. The van der Waals surface area contributed by atoms with Crippen LogP contribution in [-0.2, 0) is 4.79 Å². The molecule has 9 heteroatoms. The van der Waals surface area contributed by atoms with Crippen molar-refractivity contribution in [1.29, 1.82) is 0 Å². The molecule has 0 bridgehead atoms. The Balaban J connectivity index is 2.15. The summed E-state index contributed by atoms with van der Waals surface area (Å²) in [4.78, 5) is 33.9. The summed E-state index contributed by atoms with van der Waals surface area (Å²) in [5.41, 5.74) is 0.257. The summed E-state index contributed by atoms with van der Waals surface area (Å²) in [6.45, 7) is 2.34. The lowest BCUT2D eigenvalue weighted by Crippen LogP contribution is -2.11. The molecule has 2 N–H and O–H groups in total. The fourth-order valence-corrected chi connectivity index (χ4v) is 2.68. The summed E-state index contributed by atoms with van der Waals surface area (Å²) in [5.74, 6) is -1.26. The topological polar surface area (TPSA) is 119 Å². The maximum absolute atomic E-state index is 12.1. The first-order valence-corrected chi connectivity index (χ1v) is 8.45. The standard InChI is InChI=1S/C17H16N2O6S/c1-2-9-25-14-6-3-11(17(21)22)10-13(14)18-15(20)7-4-12-5-8-16(26-12)19(23)24/h3-8,10H,2,9H2,1H3,(H,18,20)(H,21,22)/b7-4+. The molecule has 1 aromatic heterocycles. The van der Waals surface area contributed by atoms with Crippen molar-refractivity contribution in [2.45, 2.75) is 13.3 Å². The molecule has 2 aromatic rings. The zero-order chi connectivity index (χ0) is 19.1. The third-order valence-electron chi connectivity index (χ3n) is 3.14. The fourth-order valence-electron chi connectivity index (χ4n) is 1.96. The van der Waals surface area contributed by atoms with E-state index < -0.39 is 16.8 Å². The number of thiophene rings is 1. The van der Waals surface area contributed by atoms with Crippen molar-refractivity contribution in [3.63, 3.8) is 0 Å². The number of amides is 1. The SMILES string of the molecule is CCCOc1ccc(C(=O)O)cc1NC(=O)/C=C/c1ccc([N+](=O)[O-])s1. The number of rotatable bonds is 8. The van der Waals surface area contributed by atoms with E-state index in [9.17, 15) is 19.7 Å². The Hall–Kier alpha value is -3.20. The summed E-state index contributed by atoms with van der Waals surface area (Å²) < 4.78 is 5.51. The molecule has 0 aliphatic rings. The minimum atomic E-state index is -1.12. The number of carboxylic acid groups (broad SMARTS) is 1. The second-order valence-electron chi connectivity index (χ2n) is 5.12. The van der Waals surface area contributed by atoms with Gasteiger partial charge in [0.2, 0.25) is 5.91 Å². The number of nitrogens with zero attached hydrogens (tertiary/aromatic N) is 1. The van der Waals surface area contributed by atoms with Gasteiger partial charge in [0.1, 0.15) is 5.75 Å². The molecule has 1 heterocycles. The molecule has 0 unspecified atom stereocenters. The largest absolute Gasteiger partial charge is 0.491 e. The van der Waals surface area contributed by atoms with Crippen LogP contribution in [0.25, 0.3) is 6.08 Å². The number of aromatic carboxylic acids is 1. The number of ether oxygens (including phenoxy) is 1. The van der Waals surface area contributed by atoms with Gasteiger partial charge in [-0.3, -0.25) is 14.9 Å². The Kier molecular flexibility index (Phi) is 6.45. The Morgan fingerprint density at radius 1 is 1.35 bits per heavy atom. The molecule has 0 atom stereocenters. The zero-order valence-corrected chi connectivity index (χ0v) is 14.6. The lowest BCUT2D eigenvalue weighted by atomic mass is 10.2. The van der Waals surface area contributed by atoms with Crippen LogP contribution in [0.5, 0.6) is 5.75 Å². The van der Waals surface area contributed by atoms with E-state index in [-0.39, 0.29) is 16.3 Å². The number of hydrogen-bond acceptors (Lipinski definition) is 6. The molecular weight excluding hydrogens is 360 g/mol. The molecular formula is C17H16N2O6S. The highest BCUT2D eigenvalue weighted by molar-refractivity contribution is 7.16. The van der Waals surface area contributed by atoms with Crippen LogP contribution in [0.15, 0.2) is 36.4 Å². The van der Waals surface area contributed by atoms with E-state index in [0.29, 0.717) is 17.2 Å². The summed E-state index contributed by atoms with van der Waals surface area (Å²) in [6, 6.07) is 7.09. The first kappa shape index (κ1) is 19.1. The molecule has 8 nitrogen and oxygen atoms in total. The van der Waals surface area contributed by atoms with Gasteiger partial charge in [-0.05, 0) is 36.8 Å². The number of benzene rings is 1. The molecule has 2 rings (SSSR count). The minimum Gasteiger partial charge on any atom is -0.491 e. The van der Waals surface area contributed by atoms with Crippen LogP contribution in [0.2, 0.25) is 0 Å². The molecule has 1 aromatic carbocycles. The Morgan fingerprint density at radius 3 is 2.73 bits per heavy atom. The predicted octanol–water partition coefficient (Wildman–Crippen LogP) is 3.80. The van der Waals surface area contributed by atoms with Gasteiger partial charge < -0.3 is 15.2 Å². The van der Waals surface area contributed by atoms with E-state index in [1.54, 1.807) is 0 Å². The van der Waals surface area contributed by atoms with Crippen LogP contribution in [0.3, 0.4) is 0 Å². The first-order valence-electron chi connectivity index (χ1n) is 7.64. The normalized spacial score (nSPS) is 10.7. The van der Waals surface area contributed by atoms with Crippen LogP contribution in [-0.4, -0.2) is 28.5 Å². The van der Waals surface area contributed by atoms with E-state index >= 15 is 0 Å². The maximum atomic E-state index is 12.1. The number of hydrogen-bond donors (Lipinski definition) is 2. The summed E-state index contributed by atoms with van der Waals surface area (Å²) in [6.07, 6.45) is 3.42. The third kappa shape index (κ3) is 5.15. The fraction of sp³-hybridized carbons (Fsp3) is 0.176. The molecule has 0 spiro atoms. The van der Waals surface area contributed by atoms with Crippen molar-refractivity contribution in [1.82, 2.24) is 0 Å². The first-order chi connectivity index (χ1) is 12.4. The number of nitro groups is 1. The van der Waals surface area contributed by atoms with E-state index in [1.807, 2.05) is 6.92 Å². The van der Waals surface area contributed by atoms with Gasteiger partial charge >= 0.3 is 11.0 Å². The Bertz CT molecular complexity index is 859. The van der Waals surface area contributed by atoms with Crippen LogP contribution >= 0.6 is 11.3 Å². The van der Waals surface area contributed by atoms with E-state index in [2.05, 4.69) is 5.32 Å². The summed E-state index contributed by atoms with van der Waals surface area (Å²) >= 11 is 0.942. The number of carbonyl (C=O) groups excluding carboxylic acids is 1.